The van der Waals surface area contributed by atoms with E-state index in [0.717, 1.165) is 9.87 Å². The van der Waals surface area contributed by atoms with Crippen LogP contribution in [0.3, 0.4) is 0 Å². The number of sulfonamides is 1. The number of nitrogens with zero attached hydrogens (tertiary/aromatic N) is 2. The van der Waals surface area contributed by atoms with Gasteiger partial charge in [-0.15, -0.1) is 0 Å². The summed E-state index contributed by atoms with van der Waals surface area (Å²) in [6.07, 6.45) is 0.815. The Kier molecular flexibility index (Phi) is 13.0. The van der Waals surface area contributed by atoms with Crippen LogP contribution in [0.25, 0.3) is 0 Å². The number of carbonyl (C=O) groups is 2. The van der Waals surface area contributed by atoms with E-state index in [2.05, 4.69) is 5.32 Å². The second-order valence-corrected chi connectivity index (χ2v) is 13.8. The summed E-state index contributed by atoms with van der Waals surface area (Å²) in [5.74, 6) is -0.558. The highest BCUT2D eigenvalue weighted by molar-refractivity contribution is 7.92. The smallest absolute Gasteiger partial charge is 0.264 e. The molecule has 4 aromatic carbocycles. The molecule has 254 valence electrons. The Morgan fingerprint density at radius 1 is 0.833 bits per heavy atom. The molecule has 4 aromatic rings. The van der Waals surface area contributed by atoms with Crippen molar-refractivity contribution in [2.45, 2.75) is 37.2 Å². The first-order valence-electron chi connectivity index (χ1n) is 15.0. The number of methoxy groups -OCH3 is 2. The van der Waals surface area contributed by atoms with Gasteiger partial charge in [-0.2, -0.15) is 0 Å². The fourth-order valence-corrected chi connectivity index (χ4v) is 7.09. The zero-order valence-electron chi connectivity index (χ0n) is 26.7. The van der Waals surface area contributed by atoms with Gasteiger partial charge < -0.3 is 19.7 Å². The van der Waals surface area contributed by atoms with Gasteiger partial charge in [0.15, 0.2) is 11.5 Å². The van der Waals surface area contributed by atoms with Crippen molar-refractivity contribution in [3.8, 4) is 11.5 Å². The van der Waals surface area contributed by atoms with E-state index in [4.69, 9.17) is 44.3 Å². The molecule has 1 N–H and O–H groups in total. The van der Waals surface area contributed by atoms with E-state index in [1.165, 1.54) is 61.6 Å². The fraction of sp³-hybridized carbons (Fsp3) is 0.257. The van der Waals surface area contributed by atoms with E-state index in [-0.39, 0.29) is 29.3 Å². The van der Waals surface area contributed by atoms with E-state index in [0.29, 0.717) is 39.3 Å². The van der Waals surface area contributed by atoms with Crippen molar-refractivity contribution in [1.82, 2.24) is 10.2 Å². The molecule has 2 amide bonds. The molecule has 0 spiro atoms. The van der Waals surface area contributed by atoms with Crippen LogP contribution < -0.4 is 19.1 Å². The Hall–Kier alpha value is -3.96. The molecule has 0 saturated carbocycles. The summed E-state index contributed by atoms with van der Waals surface area (Å²) in [5, 5.41) is 3.86. The molecular formula is C35H36Cl3N3O6S. The topological polar surface area (TPSA) is 105 Å². The van der Waals surface area contributed by atoms with Gasteiger partial charge >= 0.3 is 0 Å². The summed E-state index contributed by atoms with van der Waals surface area (Å²) in [7, 11) is -1.58. The van der Waals surface area contributed by atoms with Crippen molar-refractivity contribution >= 4 is 62.3 Å². The van der Waals surface area contributed by atoms with Gasteiger partial charge in [0.25, 0.3) is 10.0 Å². The quantitative estimate of drug-likeness (QED) is 0.141. The summed E-state index contributed by atoms with van der Waals surface area (Å²) in [6.45, 7) is 1.46. The standard InChI is InChI=1S/C35H36Cl3N3O6S/c1-4-19-39-35(43)31(20-24-9-6-5-7-10-24)40(22-28-29(37)11-8-12-30(28)38)34(42)23-41(26-15-13-25(36)14-16-26)48(44,45)27-17-18-32(46-2)33(21-27)47-3/h5-18,21,31H,4,19-20,22-23H2,1-3H3,(H,39,43)/t31-/m0/s1. The Bertz CT molecular complexity index is 1810. The number of benzene rings is 4. The lowest BCUT2D eigenvalue weighted by atomic mass is 10.0. The average Bonchev–Trinajstić information content (AvgIpc) is 3.09. The molecule has 1 atom stereocenters. The fourth-order valence-electron chi connectivity index (χ4n) is 5.01. The minimum Gasteiger partial charge on any atom is -0.493 e. The van der Waals surface area contributed by atoms with Crippen molar-refractivity contribution in [2.75, 3.05) is 31.6 Å². The highest BCUT2D eigenvalue weighted by atomic mass is 35.5. The normalized spacial score (nSPS) is 11.8. The summed E-state index contributed by atoms with van der Waals surface area (Å²) < 4.78 is 40.3. The molecule has 0 aliphatic rings. The van der Waals surface area contributed by atoms with E-state index < -0.39 is 34.4 Å². The van der Waals surface area contributed by atoms with Crippen LogP contribution in [0, 0.1) is 0 Å². The van der Waals surface area contributed by atoms with Crippen molar-refractivity contribution in [3.05, 3.63) is 117 Å². The predicted molar refractivity (Wildman–Crippen MR) is 190 cm³/mol. The number of hydrogen-bond donors (Lipinski definition) is 1. The molecule has 9 nitrogen and oxygen atoms in total. The van der Waals surface area contributed by atoms with Crippen molar-refractivity contribution < 1.29 is 27.5 Å². The van der Waals surface area contributed by atoms with Gasteiger partial charge in [0.2, 0.25) is 11.8 Å². The van der Waals surface area contributed by atoms with Crippen LogP contribution in [0.1, 0.15) is 24.5 Å². The van der Waals surface area contributed by atoms with Crippen LogP contribution >= 0.6 is 34.8 Å². The third kappa shape index (κ3) is 8.93. The second kappa shape index (κ2) is 16.9. The second-order valence-electron chi connectivity index (χ2n) is 10.7. The molecule has 13 heteroatoms. The van der Waals surface area contributed by atoms with Crippen LogP contribution in [0.5, 0.6) is 11.5 Å². The third-order valence-electron chi connectivity index (χ3n) is 7.55. The molecule has 0 bridgehead atoms. The van der Waals surface area contributed by atoms with Gasteiger partial charge in [0.1, 0.15) is 12.6 Å². The number of halogens is 3. The number of hydrogen-bond acceptors (Lipinski definition) is 6. The first kappa shape index (κ1) is 36.9. The molecule has 0 radical (unpaired) electrons. The van der Waals surface area contributed by atoms with Gasteiger partial charge in [-0.05, 0) is 60.5 Å². The largest absolute Gasteiger partial charge is 0.493 e. The Morgan fingerprint density at radius 2 is 1.48 bits per heavy atom. The van der Waals surface area contributed by atoms with Gasteiger partial charge in [-0.25, -0.2) is 8.42 Å². The lowest BCUT2D eigenvalue weighted by Gasteiger charge is -2.34. The first-order chi connectivity index (χ1) is 23.0. The minimum absolute atomic E-state index is 0.146. The number of nitrogens with one attached hydrogen (secondary N) is 1. The van der Waals surface area contributed by atoms with Gasteiger partial charge in [0.05, 0.1) is 24.8 Å². The van der Waals surface area contributed by atoms with Crippen LogP contribution in [0.2, 0.25) is 15.1 Å². The summed E-state index contributed by atoms with van der Waals surface area (Å²) in [6, 6.07) is 23.3. The predicted octanol–water partition coefficient (Wildman–Crippen LogP) is 7.03. The number of rotatable bonds is 15. The van der Waals surface area contributed by atoms with Crippen LogP contribution in [0.4, 0.5) is 5.69 Å². The maximum Gasteiger partial charge on any atom is 0.264 e. The molecule has 48 heavy (non-hydrogen) atoms. The zero-order chi connectivity index (χ0) is 34.8. The van der Waals surface area contributed by atoms with Crippen molar-refractivity contribution in [1.29, 1.82) is 0 Å². The number of anilines is 1. The highest BCUT2D eigenvalue weighted by Crippen LogP contribution is 2.33. The Labute approximate surface area is 296 Å². The molecule has 4 rings (SSSR count). The van der Waals surface area contributed by atoms with Crippen LogP contribution in [-0.2, 0) is 32.6 Å². The average molecular weight is 733 g/mol. The lowest BCUT2D eigenvalue weighted by molar-refractivity contribution is -0.140. The maximum atomic E-state index is 14.6. The van der Waals surface area contributed by atoms with Crippen LogP contribution in [0.15, 0.2) is 95.9 Å². The number of ether oxygens (including phenoxy) is 2. The molecule has 0 aromatic heterocycles. The highest BCUT2D eigenvalue weighted by Gasteiger charge is 2.35. The maximum absolute atomic E-state index is 14.6. The van der Waals surface area contributed by atoms with Crippen LogP contribution in [-0.4, -0.2) is 58.5 Å². The summed E-state index contributed by atoms with van der Waals surface area (Å²) in [5.41, 5.74) is 1.38. The summed E-state index contributed by atoms with van der Waals surface area (Å²) >= 11 is 19.3. The summed E-state index contributed by atoms with van der Waals surface area (Å²) in [4.78, 5) is 29.6. The SMILES string of the molecule is CCCNC(=O)[C@H](Cc1ccccc1)N(Cc1c(Cl)cccc1Cl)C(=O)CN(c1ccc(Cl)cc1)S(=O)(=O)c1ccc(OC)c(OC)c1. The van der Waals surface area contributed by atoms with E-state index >= 15 is 0 Å². The molecule has 0 unspecified atom stereocenters. The van der Waals surface area contributed by atoms with E-state index in [9.17, 15) is 18.0 Å². The molecular weight excluding hydrogens is 697 g/mol. The number of carbonyl (C=O) groups excluding carboxylic acids is 2. The minimum atomic E-state index is -4.41. The van der Waals surface area contributed by atoms with Gasteiger partial charge in [0, 0.05) is 46.2 Å². The molecule has 0 aliphatic heterocycles. The molecule has 0 heterocycles. The number of amides is 2. The van der Waals surface area contributed by atoms with Gasteiger partial charge in [-0.3, -0.25) is 13.9 Å². The van der Waals surface area contributed by atoms with Crippen molar-refractivity contribution in [3.63, 3.8) is 0 Å². The van der Waals surface area contributed by atoms with E-state index in [1.54, 1.807) is 18.2 Å². The Balaban J connectivity index is 1.85. The first-order valence-corrected chi connectivity index (χ1v) is 17.6. The molecule has 0 fully saturated rings. The van der Waals surface area contributed by atoms with Gasteiger partial charge in [-0.1, -0.05) is 78.1 Å². The zero-order valence-corrected chi connectivity index (χ0v) is 29.7. The Morgan fingerprint density at radius 3 is 2.08 bits per heavy atom. The molecule has 0 saturated heterocycles. The molecule has 0 aliphatic carbocycles. The lowest BCUT2D eigenvalue weighted by Crippen LogP contribution is -2.53. The van der Waals surface area contributed by atoms with Crippen molar-refractivity contribution in [2.24, 2.45) is 0 Å². The van der Waals surface area contributed by atoms with E-state index in [1.807, 2.05) is 37.3 Å². The third-order valence-corrected chi connectivity index (χ3v) is 10.3. The monoisotopic (exact) mass is 731 g/mol.